The SMILES string of the molecule is COc1ccc(C(=O)N[C@H]2CC(=O)N(Cc3cccnc3)C2=O)cc1OC1CCCC1. The molecule has 31 heavy (non-hydrogen) atoms. The Morgan fingerprint density at radius 1 is 1.19 bits per heavy atom. The Kier molecular flexibility index (Phi) is 6.16. The lowest BCUT2D eigenvalue weighted by molar-refractivity contribution is -0.139. The third-order valence-corrected chi connectivity index (χ3v) is 5.63. The maximum absolute atomic E-state index is 12.8. The van der Waals surface area contributed by atoms with Gasteiger partial charge in [0.15, 0.2) is 11.5 Å². The van der Waals surface area contributed by atoms with Gasteiger partial charge in [0.25, 0.3) is 11.8 Å². The van der Waals surface area contributed by atoms with Gasteiger partial charge >= 0.3 is 0 Å². The van der Waals surface area contributed by atoms with Crippen LogP contribution in [-0.2, 0) is 16.1 Å². The second-order valence-electron chi connectivity index (χ2n) is 7.80. The number of methoxy groups -OCH3 is 1. The van der Waals surface area contributed by atoms with Crippen molar-refractivity contribution in [3.63, 3.8) is 0 Å². The van der Waals surface area contributed by atoms with Gasteiger partial charge in [0.2, 0.25) is 5.91 Å². The Morgan fingerprint density at radius 2 is 2.00 bits per heavy atom. The first-order chi connectivity index (χ1) is 15.0. The molecule has 2 aliphatic rings. The first-order valence-electron chi connectivity index (χ1n) is 10.4. The minimum absolute atomic E-state index is 0.0631. The van der Waals surface area contributed by atoms with E-state index in [1.807, 2.05) is 0 Å². The van der Waals surface area contributed by atoms with Crippen molar-refractivity contribution >= 4 is 17.7 Å². The molecule has 3 amide bonds. The number of likely N-dealkylation sites (tertiary alicyclic amines) is 1. The molecular formula is C23H25N3O5. The highest BCUT2D eigenvalue weighted by Crippen LogP contribution is 2.32. The first-order valence-corrected chi connectivity index (χ1v) is 10.4. The number of hydrogen-bond donors (Lipinski definition) is 1. The molecule has 1 atom stereocenters. The molecule has 1 saturated heterocycles. The average molecular weight is 423 g/mol. The maximum atomic E-state index is 12.8. The third-order valence-electron chi connectivity index (χ3n) is 5.63. The van der Waals surface area contributed by atoms with Crippen LogP contribution in [0, 0.1) is 0 Å². The molecule has 0 spiro atoms. The lowest BCUT2D eigenvalue weighted by Gasteiger charge is -2.18. The van der Waals surface area contributed by atoms with Gasteiger partial charge in [-0.25, -0.2) is 0 Å². The smallest absolute Gasteiger partial charge is 0.252 e. The van der Waals surface area contributed by atoms with E-state index in [1.54, 1.807) is 49.8 Å². The van der Waals surface area contributed by atoms with Gasteiger partial charge in [0.05, 0.1) is 26.2 Å². The highest BCUT2D eigenvalue weighted by atomic mass is 16.5. The molecule has 2 fully saturated rings. The summed E-state index contributed by atoms with van der Waals surface area (Å²) in [5.74, 6) is -0.113. The summed E-state index contributed by atoms with van der Waals surface area (Å²) in [5.41, 5.74) is 1.10. The third kappa shape index (κ3) is 4.68. The Bertz CT molecular complexity index is 972. The van der Waals surface area contributed by atoms with Crippen LogP contribution in [0.4, 0.5) is 0 Å². The van der Waals surface area contributed by atoms with Gasteiger partial charge < -0.3 is 14.8 Å². The predicted molar refractivity (Wildman–Crippen MR) is 112 cm³/mol. The van der Waals surface area contributed by atoms with E-state index < -0.39 is 17.9 Å². The summed E-state index contributed by atoms with van der Waals surface area (Å²) in [6, 6.07) is 7.57. The molecule has 4 rings (SSSR count). The maximum Gasteiger partial charge on any atom is 0.252 e. The van der Waals surface area contributed by atoms with Crippen molar-refractivity contribution in [2.45, 2.75) is 50.8 Å². The molecule has 2 aromatic rings. The number of carbonyl (C=O) groups excluding carboxylic acids is 3. The number of ether oxygens (including phenoxy) is 2. The Morgan fingerprint density at radius 3 is 2.71 bits per heavy atom. The van der Waals surface area contributed by atoms with Crippen molar-refractivity contribution in [1.82, 2.24) is 15.2 Å². The van der Waals surface area contributed by atoms with Crippen LogP contribution in [0.2, 0.25) is 0 Å². The zero-order valence-electron chi connectivity index (χ0n) is 17.4. The summed E-state index contributed by atoms with van der Waals surface area (Å²) >= 11 is 0. The van der Waals surface area contributed by atoms with Crippen LogP contribution in [0.5, 0.6) is 11.5 Å². The van der Waals surface area contributed by atoms with Crippen molar-refractivity contribution in [2.75, 3.05) is 7.11 Å². The van der Waals surface area contributed by atoms with Crippen LogP contribution >= 0.6 is 0 Å². The van der Waals surface area contributed by atoms with Crippen LogP contribution in [0.15, 0.2) is 42.7 Å². The molecular weight excluding hydrogens is 398 g/mol. The fraction of sp³-hybridized carbons (Fsp3) is 0.391. The summed E-state index contributed by atoms with van der Waals surface area (Å²) in [4.78, 5) is 43.0. The topological polar surface area (TPSA) is 97.8 Å². The molecule has 162 valence electrons. The van der Waals surface area contributed by atoms with Crippen LogP contribution in [0.3, 0.4) is 0 Å². The van der Waals surface area contributed by atoms with Gasteiger partial charge in [-0.05, 0) is 55.5 Å². The summed E-state index contributed by atoms with van der Waals surface area (Å²) in [6.45, 7) is 0.139. The van der Waals surface area contributed by atoms with E-state index in [4.69, 9.17) is 9.47 Å². The van der Waals surface area contributed by atoms with Crippen LogP contribution in [-0.4, -0.2) is 46.9 Å². The van der Waals surface area contributed by atoms with Crippen molar-refractivity contribution in [3.05, 3.63) is 53.9 Å². The summed E-state index contributed by atoms with van der Waals surface area (Å²) in [5, 5.41) is 2.69. The summed E-state index contributed by atoms with van der Waals surface area (Å²) in [6.07, 6.45) is 7.49. The van der Waals surface area contributed by atoms with E-state index in [9.17, 15) is 14.4 Å². The number of pyridine rings is 1. The van der Waals surface area contributed by atoms with E-state index in [2.05, 4.69) is 10.3 Å². The number of hydrogen-bond acceptors (Lipinski definition) is 6. The zero-order valence-corrected chi connectivity index (χ0v) is 17.4. The molecule has 0 bridgehead atoms. The average Bonchev–Trinajstić information content (AvgIpc) is 3.38. The zero-order chi connectivity index (χ0) is 21.8. The van der Waals surface area contributed by atoms with E-state index in [0.29, 0.717) is 17.1 Å². The quantitative estimate of drug-likeness (QED) is 0.687. The number of carbonyl (C=O) groups is 3. The van der Waals surface area contributed by atoms with Crippen LogP contribution in [0.25, 0.3) is 0 Å². The minimum Gasteiger partial charge on any atom is -0.493 e. The van der Waals surface area contributed by atoms with Gasteiger partial charge in [-0.2, -0.15) is 0 Å². The van der Waals surface area contributed by atoms with E-state index in [-0.39, 0.29) is 25.0 Å². The Balaban J connectivity index is 1.44. The first kappa shape index (κ1) is 20.8. The molecule has 8 nitrogen and oxygen atoms in total. The van der Waals surface area contributed by atoms with Gasteiger partial charge in [-0.1, -0.05) is 6.07 Å². The van der Waals surface area contributed by atoms with Crippen molar-refractivity contribution in [3.8, 4) is 11.5 Å². The number of amides is 3. The van der Waals surface area contributed by atoms with Crippen LogP contribution in [0.1, 0.15) is 48.0 Å². The molecule has 1 aliphatic carbocycles. The number of nitrogens with one attached hydrogen (secondary N) is 1. The summed E-state index contributed by atoms with van der Waals surface area (Å²) < 4.78 is 11.4. The highest BCUT2D eigenvalue weighted by Gasteiger charge is 2.39. The van der Waals surface area contributed by atoms with Gasteiger partial charge in [-0.15, -0.1) is 0 Å². The molecule has 8 heteroatoms. The number of aromatic nitrogens is 1. The number of nitrogens with zero attached hydrogens (tertiary/aromatic N) is 2. The largest absolute Gasteiger partial charge is 0.493 e. The lowest BCUT2D eigenvalue weighted by atomic mass is 10.1. The number of rotatable bonds is 7. The van der Waals surface area contributed by atoms with Gasteiger partial charge in [-0.3, -0.25) is 24.3 Å². The number of benzene rings is 1. The summed E-state index contributed by atoms with van der Waals surface area (Å²) in [7, 11) is 1.55. The molecule has 2 heterocycles. The van der Waals surface area contributed by atoms with E-state index in [0.717, 1.165) is 36.1 Å². The monoisotopic (exact) mass is 423 g/mol. The second-order valence-corrected chi connectivity index (χ2v) is 7.80. The second kappa shape index (κ2) is 9.16. The van der Waals surface area contributed by atoms with E-state index >= 15 is 0 Å². The van der Waals surface area contributed by atoms with Crippen molar-refractivity contribution in [1.29, 1.82) is 0 Å². The van der Waals surface area contributed by atoms with Gasteiger partial charge in [0, 0.05) is 18.0 Å². The van der Waals surface area contributed by atoms with Crippen LogP contribution < -0.4 is 14.8 Å². The van der Waals surface area contributed by atoms with Crippen molar-refractivity contribution < 1.29 is 23.9 Å². The molecule has 1 N–H and O–H groups in total. The predicted octanol–water partition coefficient (Wildman–Crippen LogP) is 2.47. The highest BCUT2D eigenvalue weighted by molar-refractivity contribution is 6.08. The fourth-order valence-corrected chi connectivity index (χ4v) is 3.97. The molecule has 0 unspecified atom stereocenters. The normalized spacial score (nSPS) is 19.0. The molecule has 1 saturated carbocycles. The number of imide groups is 1. The Hall–Kier alpha value is -3.42. The molecule has 1 aliphatic heterocycles. The molecule has 0 radical (unpaired) electrons. The molecule has 1 aromatic heterocycles. The van der Waals surface area contributed by atoms with Gasteiger partial charge in [0.1, 0.15) is 6.04 Å². The fourth-order valence-electron chi connectivity index (χ4n) is 3.97. The van der Waals surface area contributed by atoms with Crippen molar-refractivity contribution in [2.24, 2.45) is 0 Å². The lowest BCUT2D eigenvalue weighted by Crippen LogP contribution is -2.41. The standard InChI is InChI=1S/C23H25N3O5/c1-30-19-9-8-16(11-20(19)31-17-6-2-3-7-17)22(28)25-18-12-21(27)26(23(18)29)14-15-5-4-10-24-13-15/h4-5,8-11,13,17-18H,2-3,6-7,12,14H2,1H3,(H,25,28)/t18-/m0/s1. The van der Waals surface area contributed by atoms with E-state index in [1.165, 1.54) is 0 Å². The molecule has 1 aromatic carbocycles. The minimum atomic E-state index is -0.891. The Labute approximate surface area is 180 Å².